The van der Waals surface area contributed by atoms with E-state index < -0.39 is 17.8 Å². The summed E-state index contributed by atoms with van der Waals surface area (Å²) in [5, 5.41) is 3.58. The number of thiocarbonyl (C=S) groups is 1. The summed E-state index contributed by atoms with van der Waals surface area (Å²) in [7, 11) is 0. The van der Waals surface area contributed by atoms with Gasteiger partial charge < -0.3 is 19.9 Å². The monoisotopic (exact) mass is 413 g/mol. The first-order valence-electron chi connectivity index (χ1n) is 9.07. The van der Waals surface area contributed by atoms with Crippen molar-refractivity contribution in [2.45, 2.75) is 26.1 Å². The van der Waals surface area contributed by atoms with Crippen LogP contribution in [0.1, 0.15) is 31.0 Å². The van der Waals surface area contributed by atoms with Crippen LogP contribution >= 0.6 is 12.2 Å². The van der Waals surface area contributed by atoms with Crippen LogP contribution < -0.4 is 5.32 Å². The van der Waals surface area contributed by atoms with Crippen molar-refractivity contribution in [3.8, 4) is 0 Å². The number of ether oxygens (including phenoxy) is 1. The van der Waals surface area contributed by atoms with E-state index in [1.165, 1.54) is 12.1 Å². The highest BCUT2D eigenvalue weighted by Crippen LogP contribution is 2.34. The number of hydrogen-bond donors (Lipinski definition) is 1. The lowest BCUT2D eigenvalue weighted by Gasteiger charge is -2.39. The molecule has 1 amide bonds. The van der Waals surface area contributed by atoms with Gasteiger partial charge in [-0.3, -0.25) is 4.79 Å². The van der Waals surface area contributed by atoms with Crippen LogP contribution in [0.4, 0.5) is 13.2 Å². The fourth-order valence-corrected chi connectivity index (χ4v) is 3.87. The lowest BCUT2D eigenvalue weighted by Crippen LogP contribution is -2.51. The van der Waals surface area contributed by atoms with E-state index in [1.807, 2.05) is 18.7 Å². The Labute approximate surface area is 167 Å². The Bertz CT molecular complexity index is 787. The van der Waals surface area contributed by atoms with E-state index in [9.17, 15) is 18.0 Å². The third kappa shape index (κ3) is 4.00. The number of nitrogens with zero attached hydrogens (tertiary/aromatic N) is 2. The molecule has 1 aromatic rings. The van der Waals surface area contributed by atoms with Crippen molar-refractivity contribution in [3.05, 3.63) is 46.7 Å². The molecule has 1 aromatic carbocycles. The van der Waals surface area contributed by atoms with Gasteiger partial charge in [-0.25, -0.2) is 0 Å². The van der Waals surface area contributed by atoms with Crippen molar-refractivity contribution >= 4 is 23.2 Å². The van der Waals surface area contributed by atoms with Gasteiger partial charge in [0, 0.05) is 25.3 Å². The number of carbonyl (C=O) groups excluding carboxylic acids is 1. The zero-order valence-electron chi connectivity index (χ0n) is 15.7. The predicted octanol–water partition coefficient (Wildman–Crippen LogP) is 3.09. The Hall–Kier alpha value is -2.13. The van der Waals surface area contributed by atoms with E-state index in [0.717, 1.165) is 12.1 Å². The molecule has 2 heterocycles. The predicted molar refractivity (Wildman–Crippen MR) is 102 cm³/mol. The number of rotatable bonds is 3. The maximum absolute atomic E-state index is 13.3. The van der Waals surface area contributed by atoms with E-state index in [1.54, 1.807) is 4.90 Å². The fraction of sp³-hybridized carbons (Fsp3) is 0.474. The zero-order chi connectivity index (χ0) is 20.5. The summed E-state index contributed by atoms with van der Waals surface area (Å²) < 4.78 is 44.0. The Morgan fingerprint density at radius 2 is 1.86 bits per heavy atom. The second-order valence-electron chi connectivity index (χ2n) is 6.65. The van der Waals surface area contributed by atoms with Crippen LogP contribution in [0.15, 0.2) is 35.5 Å². The molecular formula is C19H22F3N3O2S. The van der Waals surface area contributed by atoms with Gasteiger partial charge >= 0.3 is 6.18 Å². The molecule has 0 radical (unpaired) electrons. The van der Waals surface area contributed by atoms with Crippen molar-refractivity contribution in [2.24, 2.45) is 0 Å². The van der Waals surface area contributed by atoms with Crippen LogP contribution in [0.3, 0.4) is 0 Å². The second kappa shape index (κ2) is 8.08. The molecular weight excluding hydrogens is 391 g/mol. The number of carbonyl (C=O) groups is 1. The largest absolute Gasteiger partial charge is 0.416 e. The quantitative estimate of drug-likeness (QED) is 0.772. The maximum atomic E-state index is 13.3. The Balaban J connectivity index is 2.00. The fourth-order valence-electron chi connectivity index (χ4n) is 3.49. The van der Waals surface area contributed by atoms with E-state index in [-0.39, 0.29) is 5.91 Å². The van der Waals surface area contributed by atoms with Crippen LogP contribution in [-0.4, -0.2) is 53.7 Å². The lowest BCUT2D eigenvalue weighted by atomic mass is 9.93. The molecule has 1 fully saturated rings. The van der Waals surface area contributed by atoms with Gasteiger partial charge in [0.25, 0.3) is 5.91 Å². The van der Waals surface area contributed by atoms with Crippen LogP contribution in [0.2, 0.25) is 0 Å². The Morgan fingerprint density at radius 1 is 1.25 bits per heavy atom. The minimum Gasteiger partial charge on any atom is -0.378 e. The number of halogens is 3. The first-order valence-corrected chi connectivity index (χ1v) is 9.47. The first kappa shape index (κ1) is 20.6. The van der Waals surface area contributed by atoms with Crippen molar-refractivity contribution < 1.29 is 22.7 Å². The van der Waals surface area contributed by atoms with E-state index in [2.05, 4.69) is 5.32 Å². The summed E-state index contributed by atoms with van der Waals surface area (Å²) in [4.78, 5) is 16.8. The number of morpholine rings is 1. The van der Waals surface area contributed by atoms with Gasteiger partial charge in [0.05, 0.1) is 30.4 Å². The molecule has 1 N–H and O–H groups in total. The lowest BCUT2D eigenvalue weighted by molar-refractivity contribution is -0.137. The molecule has 3 rings (SSSR count). The number of amides is 1. The molecule has 1 saturated heterocycles. The summed E-state index contributed by atoms with van der Waals surface area (Å²) in [6, 6.07) is 4.24. The van der Waals surface area contributed by atoms with Gasteiger partial charge in [0.2, 0.25) is 0 Å². The molecule has 0 unspecified atom stereocenters. The molecule has 2 aliphatic rings. The van der Waals surface area contributed by atoms with Gasteiger partial charge in [0.1, 0.15) is 0 Å². The second-order valence-corrected chi connectivity index (χ2v) is 7.04. The SMILES string of the molecule is CCN1C(=S)N[C@@H](c2ccc(C(F)(F)F)cc2)C(C(=O)N2CCOCC2)=C1C. The number of benzene rings is 1. The molecule has 152 valence electrons. The average molecular weight is 413 g/mol. The summed E-state index contributed by atoms with van der Waals surface area (Å²) in [6.07, 6.45) is -4.41. The molecule has 1 atom stereocenters. The molecule has 0 bridgehead atoms. The van der Waals surface area contributed by atoms with Gasteiger partial charge in [-0.1, -0.05) is 12.1 Å². The minimum atomic E-state index is -4.41. The van der Waals surface area contributed by atoms with Crippen molar-refractivity contribution in [2.75, 3.05) is 32.8 Å². The molecule has 5 nitrogen and oxygen atoms in total. The third-order valence-corrected chi connectivity index (χ3v) is 5.35. The molecule has 9 heteroatoms. The average Bonchev–Trinajstić information content (AvgIpc) is 2.67. The Kier molecular flexibility index (Phi) is 5.95. The molecule has 0 aliphatic carbocycles. The van der Waals surface area contributed by atoms with Gasteiger partial charge in [-0.15, -0.1) is 0 Å². The number of hydrogen-bond acceptors (Lipinski definition) is 3. The highest BCUT2D eigenvalue weighted by atomic mass is 32.1. The zero-order valence-corrected chi connectivity index (χ0v) is 16.5. The highest BCUT2D eigenvalue weighted by Gasteiger charge is 2.36. The molecule has 2 aliphatic heterocycles. The number of allylic oxidation sites excluding steroid dienone is 1. The smallest absolute Gasteiger partial charge is 0.378 e. The van der Waals surface area contributed by atoms with Crippen LogP contribution in [0.5, 0.6) is 0 Å². The number of nitrogens with one attached hydrogen (secondary N) is 1. The maximum Gasteiger partial charge on any atom is 0.416 e. The molecule has 28 heavy (non-hydrogen) atoms. The van der Waals surface area contributed by atoms with Crippen LogP contribution in [0, 0.1) is 0 Å². The van der Waals surface area contributed by atoms with E-state index >= 15 is 0 Å². The normalized spacial score (nSPS) is 21.0. The number of alkyl halides is 3. The Morgan fingerprint density at radius 3 is 2.39 bits per heavy atom. The summed E-state index contributed by atoms with van der Waals surface area (Å²) >= 11 is 5.42. The van der Waals surface area contributed by atoms with Crippen molar-refractivity contribution in [3.63, 3.8) is 0 Å². The molecule has 0 spiro atoms. The van der Waals surface area contributed by atoms with E-state index in [4.69, 9.17) is 17.0 Å². The standard InChI is InChI=1S/C19H22F3N3O2S/c1-3-25-12(2)15(17(26)24-8-10-27-11-9-24)16(23-18(25)28)13-4-6-14(7-5-13)19(20,21)22/h4-7,16H,3,8-11H2,1-2H3,(H,23,28)/t16-/m0/s1. The summed E-state index contributed by atoms with van der Waals surface area (Å²) in [5.41, 5.74) is 1.04. The third-order valence-electron chi connectivity index (χ3n) is 5.01. The van der Waals surface area contributed by atoms with Gasteiger partial charge in [-0.2, -0.15) is 13.2 Å². The topological polar surface area (TPSA) is 44.8 Å². The summed E-state index contributed by atoms with van der Waals surface area (Å²) in [6.45, 7) is 6.21. The molecule has 0 saturated carbocycles. The van der Waals surface area contributed by atoms with Crippen LogP contribution in [0.25, 0.3) is 0 Å². The van der Waals surface area contributed by atoms with Crippen molar-refractivity contribution in [1.82, 2.24) is 15.1 Å². The summed E-state index contributed by atoms with van der Waals surface area (Å²) in [5.74, 6) is -0.154. The minimum absolute atomic E-state index is 0.154. The van der Waals surface area contributed by atoms with Gasteiger partial charge in [-0.05, 0) is 43.8 Å². The van der Waals surface area contributed by atoms with Crippen molar-refractivity contribution in [1.29, 1.82) is 0 Å². The van der Waals surface area contributed by atoms with Gasteiger partial charge in [0.15, 0.2) is 5.11 Å². The first-order chi connectivity index (χ1) is 13.2. The highest BCUT2D eigenvalue weighted by molar-refractivity contribution is 7.80. The van der Waals surface area contributed by atoms with E-state index in [0.29, 0.717) is 54.8 Å². The van der Waals surface area contributed by atoms with Crippen LogP contribution in [-0.2, 0) is 15.7 Å². The molecule has 0 aromatic heterocycles.